The molecule has 0 saturated heterocycles. The van der Waals surface area contributed by atoms with E-state index in [1.165, 1.54) is 24.5 Å². The van der Waals surface area contributed by atoms with Gasteiger partial charge in [0.1, 0.15) is 0 Å². The van der Waals surface area contributed by atoms with Crippen LogP contribution in [0.2, 0.25) is 0 Å². The van der Waals surface area contributed by atoms with Crippen molar-refractivity contribution < 1.29 is 13.5 Å². The molecule has 1 nitrogen and oxygen atoms in total. The summed E-state index contributed by atoms with van der Waals surface area (Å²) in [6.45, 7) is 1.52. The lowest BCUT2D eigenvalue weighted by molar-refractivity contribution is 0.117. The van der Waals surface area contributed by atoms with Crippen LogP contribution in [0.1, 0.15) is 68.4 Å². The Morgan fingerprint density at radius 3 is 2.45 bits per heavy atom. The number of benzene rings is 2. The van der Waals surface area contributed by atoms with Gasteiger partial charge in [0.2, 0.25) is 0 Å². The summed E-state index contributed by atoms with van der Waals surface area (Å²) >= 11 is 0. The summed E-state index contributed by atoms with van der Waals surface area (Å²) in [4.78, 5) is 0. The van der Waals surface area contributed by atoms with E-state index in [9.17, 15) is 8.78 Å². The third-order valence-electron chi connectivity index (χ3n) is 5.87. The van der Waals surface area contributed by atoms with E-state index in [2.05, 4.69) is 24.3 Å². The molecule has 0 spiro atoms. The Morgan fingerprint density at radius 1 is 0.862 bits per heavy atom. The van der Waals surface area contributed by atoms with Crippen LogP contribution >= 0.6 is 0 Å². The Labute approximate surface area is 173 Å². The number of ether oxygens (including phenoxy) is 1. The Bertz CT molecular complexity index is 749. The number of unbranched alkanes of at least 4 members (excludes halogenated alkanes) is 3. The van der Waals surface area contributed by atoms with Crippen LogP contribution in [0.15, 0.2) is 60.7 Å². The highest BCUT2D eigenvalue weighted by Gasteiger charge is 2.24. The van der Waals surface area contributed by atoms with Crippen LogP contribution in [0.5, 0.6) is 0 Å². The average molecular weight is 399 g/mol. The van der Waals surface area contributed by atoms with Gasteiger partial charge in [0.15, 0.2) is 11.6 Å². The SMILES string of the molecule is Fc1cccc(C2CCC(C=CCCCCCOCc3ccccc3)CC2)c1F. The van der Waals surface area contributed by atoms with Crippen molar-refractivity contribution in [3.8, 4) is 0 Å². The van der Waals surface area contributed by atoms with Gasteiger partial charge < -0.3 is 4.74 Å². The summed E-state index contributed by atoms with van der Waals surface area (Å²) in [5.41, 5.74) is 1.78. The maximum absolute atomic E-state index is 14.0. The van der Waals surface area contributed by atoms with E-state index in [0.717, 1.165) is 45.1 Å². The highest BCUT2D eigenvalue weighted by Crippen LogP contribution is 2.37. The summed E-state index contributed by atoms with van der Waals surface area (Å²) in [5.74, 6) is -0.641. The number of hydrogen-bond acceptors (Lipinski definition) is 1. The largest absolute Gasteiger partial charge is 0.377 e. The second-order valence-electron chi connectivity index (χ2n) is 8.07. The third kappa shape index (κ3) is 7.08. The summed E-state index contributed by atoms with van der Waals surface area (Å²) < 4.78 is 33.1. The lowest BCUT2D eigenvalue weighted by Crippen LogP contribution is -2.13. The van der Waals surface area contributed by atoms with Gasteiger partial charge in [0.25, 0.3) is 0 Å². The van der Waals surface area contributed by atoms with Crippen molar-refractivity contribution >= 4 is 0 Å². The molecule has 0 aliphatic heterocycles. The van der Waals surface area contributed by atoms with Gasteiger partial charge in [0.05, 0.1) is 6.61 Å². The van der Waals surface area contributed by atoms with Crippen molar-refractivity contribution in [3.63, 3.8) is 0 Å². The molecular formula is C26H32F2O. The molecule has 0 atom stereocenters. The van der Waals surface area contributed by atoms with E-state index in [1.54, 1.807) is 12.1 Å². The Kier molecular flexibility index (Phi) is 8.88. The Morgan fingerprint density at radius 2 is 1.66 bits per heavy atom. The monoisotopic (exact) mass is 398 g/mol. The minimum Gasteiger partial charge on any atom is -0.377 e. The quantitative estimate of drug-likeness (QED) is 0.296. The van der Waals surface area contributed by atoms with Gasteiger partial charge in [-0.05, 0) is 74.0 Å². The first kappa shape index (κ1) is 21.7. The molecule has 0 heterocycles. The summed E-state index contributed by atoms with van der Waals surface area (Å²) in [6.07, 6.45) is 13.2. The van der Waals surface area contributed by atoms with Crippen LogP contribution in [0.25, 0.3) is 0 Å². The predicted octanol–water partition coefficient (Wildman–Crippen LogP) is 7.57. The zero-order chi connectivity index (χ0) is 20.3. The third-order valence-corrected chi connectivity index (χ3v) is 5.87. The zero-order valence-corrected chi connectivity index (χ0v) is 17.2. The molecule has 0 radical (unpaired) electrons. The van der Waals surface area contributed by atoms with Crippen LogP contribution in [0, 0.1) is 17.6 Å². The fourth-order valence-electron chi connectivity index (χ4n) is 4.15. The second-order valence-corrected chi connectivity index (χ2v) is 8.07. The predicted molar refractivity (Wildman–Crippen MR) is 115 cm³/mol. The normalized spacial score (nSPS) is 19.7. The fourth-order valence-corrected chi connectivity index (χ4v) is 4.15. The number of allylic oxidation sites excluding steroid dienone is 2. The van der Waals surface area contributed by atoms with Crippen molar-refractivity contribution in [2.75, 3.05) is 6.61 Å². The molecule has 2 aromatic rings. The number of halogens is 2. The van der Waals surface area contributed by atoms with Gasteiger partial charge in [-0.15, -0.1) is 0 Å². The standard InChI is InChI=1S/C26H32F2O/c27-25-14-9-13-24(26(25)28)23-17-15-21(16-18-23)10-5-2-1-3-8-19-29-20-22-11-6-4-7-12-22/h4-7,9-14,21,23H,1-3,8,15-20H2. The van der Waals surface area contributed by atoms with E-state index in [4.69, 9.17) is 4.74 Å². The van der Waals surface area contributed by atoms with Gasteiger partial charge in [-0.3, -0.25) is 0 Å². The summed E-state index contributed by atoms with van der Waals surface area (Å²) in [6, 6.07) is 14.8. The maximum atomic E-state index is 14.0. The van der Waals surface area contributed by atoms with Gasteiger partial charge in [-0.25, -0.2) is 8.78 Å². The Hall–Kier alpha value is -2.00. The fraction of sp³-hybridized carbons (Fsp3) is 0.462. The van der Waals surface area contributed by atoms with E-state index in [1.807, 2.05) is 18.2 Å². The minimum atomic E-state index is -0.727. The van der Waals surface area contributed by atoms with Crippen molar-refractivity contribution in [3.05, 3.63) is 83.4 Å². The van der Waals surface area contributed by atoms with Crippen LogP contribution < -0.4 is 0 Å². The Balaban J connectivity index is 1.24. The second kappa shape index (κ2) is 11.9. The molecule has 1 saturated carbocycles. The first-order chi connectivity index (χ1) is 14.2. The number of hydrogen-bond donors (Lipinski definition) is 0. The highest BCUT2D eigenvalue weighted by molar-refractivity contribution is 5.23. The molecule has 3 heteroatoms. The first-order valence-corrected chi connectivity index (χ1v) is 11.0. The molecule has 0 N–H and O–H groups in total. The van der Waals surface area contributed by atoms with E-state index in [0.29, 0.717) is 18.1 Å². The van der Waals surface area contributed by atoms with E-state index in [-0.39, 0.29) is 5.92 Å². The topological polar surface area (TPSA) is 9.23 Å². The molecule has 0 aromatic heterocycles. The minimum absolute atomic E-state index is 0.159. The molecule has 156 valence electrons. The molecule has 1 aliphatic rings. The average Bonchev–Trinajstić information content (AvgIpc) is 2.76. The van der Waals surface area contributed by atoms with Crippen molar-refractivity contribution in [2.45, 2.75) is 63.9 Å². The molecule has 0 amide bonds. The van der Waals surface area contributed by atoms with Crippen molar-refractivity contribution in [2.24, 2.45) is 5.92 Å². The van der Waals surface area contributed by atoms with E-state index >= 15 is 0 Å². The molecular weight excluding hydrogens is 366 g/mol. The maximum Gasteiger partial charge on any atom is 0.162 e. The molecule has 1 fully saturated rings. The van der Waals surface area contributed by atoms with E-state index < -0.39 is 11.6 Å². The van der Waals surface area contributed by atoms with Gasteiger partial charge in [0, 0.05) is 6.61 Å². The number of rotatable bonds is 10. The van der Waals surface area contributed by atoms with Crippen LogP contribution in [-0.2, 0) is 11.3 Å². The molecule has 1 aliphatic carbocycles. The lowest BCUT2D eigenvalue weighted by Gasteiger charge is -2.27. The van der Waals surface area contributed by atoms with Gasteiger partial charge >= 0.3 is 0 Å². The van der Waals surface area contributed by atoms with Crippen LogP contribution in [-0.4, -0.2) is 6.61 Å². The van der Waals surface area contributed by atoms with Crippen molar-refractivity contribution in [1.82, 2.24) is 0 Å². The van der Waals surface area contributed by atoms with Crippen LogP contribution in [0.3, 0.4) is 0 Å². The molecule has 29 heavy (non-hydrogen) atoms. The van der Waals surface area contributed by atoms with Gasteiger partial charge in [-0.1, -0.05) is 61.0 Å². The molecule has 3 rings (SSSR count). The van der Waals surface area contributed by atoms with Gasteiger partial charge in [-0.2, -0.15) is 0 Å². The zero-order valence-electron chi connectivity index (χ0n) is 17.2. The van der Waals surface area contributed by atoms with Crippen molar-refractivity contribution in [1.29, 1.82) is 0 Å². The lowest BCUT2D eigenvalue weighted by atomic mass is 9.78. The summed E-state index contributed by atoms with van der Waals surface area (Å²) in [7, 11) is 0. The molecule has 0 unspecified atom stereocenters. The molecule has 0 bridgehead atoms. The smallest absolute Gasteiger partial charge is 0.162 e. The van der Waals surface area contributed by atoms with Crippen LogP contribution in [0.4, 0.5) is 8.78 Å². The first-order valence-electron chi connectivity index (χ1n) is 11.0. The highest BCUT2D eigenvalue weighted by atomic mass is 19.2. The summed E-state index contributed by atoms with van der Waals surface area (Å²) in [5, 5.41) is 0. The molecule has 2 aromatic carbocycles.